The SMILES string of the molecule is CC(=O)OCC1=C(C(=O)O)N2C(=O)C(NC(=O)C(=NOCCC(=O)O)c3csc(N)n3)[C@@H]2SC1. The van der Waals surface area contributed by atoms with Crippen LogP contribution in [0.4, 0.5) is 5.13 Å². The first kappa shape index (κ1) is 25.0. The van der Waals surface area contributed by atoms with Crippen molar-refractivity contribution in [2.75, 3.05) is 24.7 Å². The van der Waals surface area contributed by atoms with Crippen molar-refractivity contribution in [2.24, 2.45) is 5.16 Å². The average Bonchev–Trinajstić information content (AvgIpc) is 3.20. The van der Waals surface area contributed by atoms with Crippen molar-refractivity contribution in [3.63, 3.8) is 0 Å². The molecule has 182 valence electrons. The van der Waals surface area contributed by atoms with Gasteiger partial charge in [0.1, 0.15) is 36.0 Å². The molecule has 0 aromatic carbocycles. The number of aliphatic carboxylic acids is 2. The molecular weight excluding hydrogens is 494 g/mol. The number of nitrogens with one attached hydrogen (secondary N) is 1. The van der Waals surface area contributed by atoms with Crippen molar-refractivity contribution in [2.45, 2.75) is 24.8 Å². The number of hydrogen-bond acceptors (Lipinski definition) is 12. The number of hydrogen-bond donors (Lipinski definition) is 4. The Morgan fingerprint density at radius 1 is 1.35 bits per heavy atom. The number of nitrogens with two attached hydrogens (primary N) is 1. The number of thioether (sulfide) groups is 1. The van der Waals surface area contributed by atoms with Gasteiger partial charge in [0.15, 0.2) is 10.8 Å². The molecule has 1 saturated heterocycles. The van der Waals surface area contributed by atoms with Gasteiger partial charge >= 0.3 is 17.9 Å². The molecule has 0 bridgehead atoms. The second-order valence-electron chi connectivity index (χ2n) is 6.89. The van der Waals surface area contributed by atoms with E-state index in [0.29, 0.717) is 0 Å². The number of nitrogen functional groups attached to an aromatic ring is 1. The number of ether oxygens (including phenoxy) is 1. The van der Waals surface area contributed by atoms with Crippen molar-refractivity contribution in [1.82, 2.24) is 15.2 Å². The molecule has 2 aliphatic rings. The van der Waals surface area contributed by atoms with Crippen LogP contribution in [0.25, 0.3) is 0 Å². The van der Waals surface area contributed by atoms with E-state index in [0.717, 1.165) is 16.2 Å². The highest BCUT2D eigenvalue weighted by Gasteiger charge is 2.54. The van der Waals surface area contributed by atoms with Gasteiger partial charge in [0.25, 0.3) is 11.8 Å². The minimum Gasteiger partial charge on any atom is -0.481 e. The van der Waals surface area contributed by atoms with Crippen molar-refractivity contribution in [3.8, 4) is 0 Å². The Morgan fingerprint density at radius 2 is 2.09 bits per heavy atom. The molecule has 3 heterocycles. The van der Waals surface area contributed by atoms with Crippen LogP contribution in [0.3, 0.4) is 0 Å². The molecule has 14 nitrogen and oxygen atoms in total. The van der Waals surface area contributed by atoms with Crippen LogP contribution in [0.15, 0.2) is 21.8 Å². The van der Waals surface area contributed by atoms with E-state index in [1.54, 1.807) is 0 Å². The zero-order valence-electron chi connectivity index (χ0n) is 17.5. The molecule has 1 aromatic rings. The first-order valence-corrected chi connectivity index (χ1v) is 11.5. The number of carboxylic acid groups (broad SMARTS) is 2. The Morgan fingerprint density at radius 3 is 2.68 bits per heavy atom. The van der Waals surface area contributed by atoms with Crippen molar-refractivity contribution < 1.29 is 43.8 Å². The molecule has 0 radical (unpaired) electrons. The van der Waals surface area contributed by atoms with Crippen molar-refractivity contribution in [3.05, 3.63) is 22.3 Å². The summed E-state index contributed by atoms with van der Waals surface area (Å²) in [5.41, 5.74) is 5.31. The molecule has 16 heteroatoms. The zero-order valence-corrected chi connectivity index (χ0v) is 19.2. The molecule has 1 unspecified atom stereocenters. The van der Waals surface area contributed by atoms with Gasteiger partial charge < -0.3 is 30.8 Å². The highest BCUT2D eigenvalue weighted by molar-refractivity contribution is 8.00. The maximum absolute atomic E-state index is 12.9. The molecule has 2 aliphatic heterocycles. The number of carbonyl (C=O) groups is 5. The number of nitrogens with zero attached hydrogens (tertiary/aromatic N) is 3. The van der Waals surface area contributed by atoms with E-state index in [9.17, 15) is 29.1 Å². The van der Waals surface area contributed by atoms with E-state index < -0.39 is 41.1 Å². The van der Waals surface area contributed by atoms with Gasteiger partial charge in [0.05, 0.1) is 6.42 Å². The van der Waals surface area contributed by atoms with Crippen LogP contribution in [0, 0.1) is 0 Å². The van der Waals surface area contributed by atoms with Crippen LogP contribution in [0.2, 0.25) is 0 Å². The molecule has 5 N–H and O–H groups in total. The van der Waals surface area contributed by atoms with E-state index in [1.807, 2.05) is 0 Å². The summed E-state index contributed by atoms with van der Waals surface area (Å²) in [5.74, 6) is -4.43. The average molecular weight is 514 g/mol. The fourth-order valence-electron chi connectivity index (χ4n) is 3.04. The number of carboxylic acids is 2. The number of amides is 2. The largest absolute Gasteiger partial charge is 0.481 e. The standard InChI is InChI=1S/C18H19N5O9S2/c1-7(24)31-4-8-5-33-16-12(15(28)23(16)13(8)17(29)30)21-14(27)11(9-6-34-18(19)20-9)22-32-3-2-10(25)26/h6,12,16H,2-5H2,1H3,(H2,19,20)(H,21,27)(H,25,26)(H,29,30)/t12?,16-/m0/s1. The second kappa shape index (κ2) is 10.5. The summed E-state index contributed by atoms with van der Waals surface area (Å²) in [6, 6.07) is -1.07. The third kappa shape index (κ3) is 5.45. The van der Waals surface area contributed by atoms with Crippen LogP contribution in [0.5, 0.6) is 0 Å². The molecule has 1 aromatic heterocycles. The first-order valence-electron chi connectivity index (χ1n) is 9.57. The molecule has 0 saturated carbocycles. The predicted molar refractivity (Wildman–Crippen MR) is 118 cm³/mol. The fourth-order valence-corrected chi connectivity index (χ4v) is 4.91. The maximum atomic E-state index is 12.9. The second-order valence-corrected chi connectivity index (χ2v) is 8.88. The molecule has 0 aliphatic carbocycles. The van der Waals surface area contributed by atoms with E-state index >= 15 is 0 Å². The molecule has 3 rings (SSSR count). The Hall–Kier alpha value is -3.66. The fraction of sp³-hybridized carbons (Fsp3) is 0.389. The monoisotopic (exact) mass is 513 g/mol. The summed E-state index contributed by atoms with van der Waals surface area (Å²) in [4.78, 5) is 69.0. The molecule has 34 heavy (non-hydrogen) atoms. The topological polar surface area (TPSA) is 211 Å². The van der Waals surface area contributed by atoms with Gasteiger partial charge in [-0.3, -0.25) is 24.1 Å². The molecule has 2 atom stereocenters. The van der Waals surface area contributed by atoms with Gasteiger partial charge in [-0.2, -0.15) is 0 Å². The molecule has 0 spiro atoms. The number of rotatable bonds is 10. The van der Waals surface area contributed by atoms with Gasteiger partial charge in [-0.05, 0) is 0 Å². The van der Waals surface area contributed by atoms with Crippen LogP contribution >= 0.6 is 23.1 Å². The lowest BCUT2D eigenvalue weighted by atomic mass is 10.0. The van der Waals surface area contributed by atoms with Gasteiger partial charge in [0, 0.05) is 23.6 Å². The summed E-state index contributed by atoms with van der Waals surface area (Å²) >= 11 is 2.22. The van der Waals surface area contributed by atoms with Crippen molar-refractivity contribution >= 4 is 63.7 Å². The quantitative estimate of drug-likeness (QED) is 0.0998. The molecular formula is C18H19N5O9S2. The summed E-state index contributed by atoms with van der Waals surface area (Å²) in [5, 5.41) is 25.3. The zero-order chi connectivity index (χ0) is 25.0. The van der Waals surface area contributed by atoms with Crippen LogP contribution < -0.4 is 11.1 Å². The maximum Gasteiger partial charge on any atom is 0.352 e. The third-order valence-corrected chi connectivity index (χ3v) is 6.54. The number of aromatic nitrogens is 1. The van der Waals surface area contributed by atoms with Crippen LogP contribution in [-0.4, -0.2) is 85.9 Å². The van der Waals surface area contributed by atoms with Gasteiger partial charge in [0.2, 0.25) is 0 Å². The Kier molecular flexibility index (Phi) is 7.72. The van der Waals surface area contributed by atoms with Gasteiger partial charge in [-0.1, -0.05) is 5.16 Å². The lowest BCUT2D eigenvalue weighted by molar-refractivity contribution is -0.150. The summed E-state index contributed by atoms with van der Waals surface area (Å²) < 4.78 is 4.88. The van der Waals surface area contributed by atoms with Crippen LogP contribution in [-0.2, 0) is 33.5 Å². The lowest BCUT2D eigenvalue weighted by Gasteiger charge is -2.49. The Bertz CT molecular complexity index is 1100. The van der Waals surface area contributed by atoms with Gasteiger partial charge in [-0.15, -0.1) is 23.1 Å². The number of oxime groups is 1. The molecule has 1 fully saturated rings. The minimum atomic E-state index is -1.36. The predicted octanol–water partition coefficient (Wildman–Crippen LogP) is -0.778. The highest BCUT2D eigenvalue weighted by atomic mass is 32.2. The normalized spacial score (nSPS) is 19.7. The van der Waals surface area contributed by atoms with E-state index in [2.05, 4.69) is 15.5 Å². The summed E-state index contributed by atoms with van der Waals surface area (Å²) in [7, 11) is 0. The van der Waals surface area contributed by atoms with Gasteiger partial charge in [-0.25, -0.2) is 9.78 Å². The van der Waals surface area contributed by atoms with Crippen molar-refractivity contribution in [1.29, 1.82) is 0 Å². The number of β-lactam (4-membered cyclic amide) rings is 1. The van der Waals surface area contributed by atoms with E-state index in [1.165, 1.54) is 24.1 Å². The third-order valence-electron chi connectivity index (χ3n) is 4.53. The Balaban J connectivity index is 1.76. The minimum absolute atomic E-state index is 0.0602. The highest BCUT2D eigenvalue weighted by Crippen LogP contribution is 2.40. The smallest absolute Gasteiger partial charge is 0.352 e. The summed E-state index contributed by atoms with van der Waals surface area (Å²) in [6.07, 6.45) is -0.355. The summed E-state index contributed by atoms with van der Waals surface area (Å²) in [6.45, 7) is 0.603. The Labute approximate surface area is 199 Å². The molecule has 2 amide bonds. The van der Waals surface area contributed by atoms with E-state index in [-0.39, 0.29) is 53.2 Å². The lowest BCUT2D eigenvalue weighted by Crippen LogP contribution is -2.71. The first-order chi connectivity index (χ1) is 16.1. The number of fused-ring (bicyclic) bond motifs is 1. The number of anilines is 1. The van der Waals surface area contributed by atoms with E-state index in [4.69, 9.17) is 20.4 Å². The van der Waals surface area contributed by atoms with Crippen LogP contribution in [0.1, 0.15) is 19.0 Å². The number of carbonyl (C=O) groups excluding carboxylic acids is 3. The number of thiazole rings is 1. The number of esters is 1.